The molecule has 4 bridgehead atoms. The first-order valence-corrected chi connectivity index (χ1v) is 16.7. The van der Waals surface area contributed by atoms with Crippen molar-refractivity contribution in [2.75, 3.05) is 9.80 Å². The number of allylic oxidation sites excluding steroid dienone is 4. The summed E-state index contributed by atoms with van der Waals surface area (Å²) in [7, 11) is 0. The molecule has 8 heteroatoms. The highest BCUT2D eigenvalue weighted by Gasteiger charge is 2.60. The Bertz CT molecular complexity index is 1930. The molecule has 2 saturated carbocycles. The van der Waals surface area contributed by atoms with E-state index in [4.69, 9.17) is 9.97 Å². The first-order chi connectivity index (χ1) is 23.4. The lowest BCUT2D eigenvalue weighted by molar-refractivity contribution is -0.124. The molecule has 0 N–H and O–H groups in total. The van der Waals surface area contributed by atoms with Gasteiger partial charge in [-0.15, -0.1) is 0 Å². The van der Waals surface area contributed by atoms with Gasteiger partial charge in [0.15, 0.2) is 5.82 Å². The van der Waals surface area contributed by atoms with Crippen LogP contribution in [0.4, 0.5) is 11.4 Å². The van der Waals surface area contributed by atoms with Crippen molar-refractivity contribution in [2.45, 2.75) is 12.8 Å². The molecule has 3 heterocycles. The van der Waals surface area contributed by atoms with Crippen molar-refractivity contribution in [2.24, 2.45) is 47.3 Å². The number of carbonyl (C=O) groups excluding carboxylic acids is 4. The Morgan fingerprint density at radius 3 is 1.21 bits per heavy atom. The molecule has 0 unspecified atom stereocenters. The number of imide groups is 2. The van der Waals surface area contributed by atoms with Gasteiger partial charge in [-0.25, -0.2) is 9.97 Å². The van der Waals surface area contributed by atoms with Crippen molar-refractivity contribution in [3.8, 4) is 33.9 Å². The molecule has 3 aromatic carbocycles. The SMILES string of the molecule is O=C1[C@@H]2[C@@H](C(=O)N1c1ccc(-c3cc(-c4ccc(N5C(=O)[C@@H]6[C@H](C5=O)[C@H]5C=C[C@H]6C5)cc4)nc(-c4ccccc4)n3)cc1)[C@H]1C=C[C@@H]2C1. The predicted octanol–water partition coefficient (Wildman–Crippen LogP) is 6.10. The normalized spacial score (nSPS) is 30.7. The monoisotopic (exact) mass is 630 g/mol. The van der Waals surface area contributed by atoms with E-state index < -0.39 is 0 Å². The average Bonchev–Trinajstić information content (AvgIpc) is 3.98. The van der Waals surface area contributed by atoms with Gasteiger partial charge in [0.2, 0.25) is 23.6 Å². The van der Waals surface area contributed by atoms with Gasteiger partial charge in [-0.05, 0) is 66.8 Å². The number of hydrogen-bond donors (Lipinski definition) is 0. The number of aromatic nitrogens is 2. The van der Waals surface area contributed by atoms with Crippen molar-refractivity contribution >= 4 is 35.0 Å². The van der Waals surface area contributed by atoms with Crippen LogP contribution in [-0.4, -0.2) is 33.6 Å². The van der Waals surface area contributed by atoms with Crippen LogP contribution in [0.25, 0.3) is 33.9 Å². The molecule has 1 aromatic heterocycles. The summed E-state index contributed by atoms with van der Waals surface area (Å²) >= 11 is 0. The van der Waals surface area contributed by atoms with Crippen molar-refractivity contribution in [1.82, 2.24) is 9.97 Å². The minimum absolute atomic E-state index is 0.0988. The molecule has 0 spiro atoms. The van der Waals surface area contributed by atoms with Crippen LogP contribution >= 0.6 is 0 Å². The molecule has 4 aromatic rings. The number of benzene rings is 3. The number of rotatable bonds is 5. The molecule has 6 aliphatic rings. The van der Waals surface area contributed by atoms with Crippen LogP contribution in [0.2, 0.25) is 0 Å². The zero-order valence-corrected chi connectivity index (χ0v) is 25.8. The van der Waals surface area contributed by atoms with E-state index in [-0.39, 0.29) is 71.0 Å². The molecule has 8 nitrogen and oxygen atoms in total. The van der Waals surface area contributed by atoms with Gasteiger partial charge < -0.3 is 0 Å². The molecule has 2 saturated heterocycles. The van der Waals surface area contributed by atoms with Crippen LogP contribution in [0, 0.1) is 47.3 Å². The van der Waals surface area contributed by atoms with E-state index in [2.05, 4.69) is 24.3 Å². The molecule has 48 heavy (non-hydrogen) atoms. The van der Waals surface area contributed by atoms with Gasteiger partial charge in [-0.1, -0.05) is 78.9 Å². The summed E-state index contributed by atoms with van der Waals surface area (Å²) in [6.07, 6.45) is 10.2. The number of nitrogens with zero attached hydrogens (tertiary/aromatic N) is 4. The van der Waals surface area contributed by atoms with E-state index in [9.17, 15) is 19.2 Å². The van der Waals surface area contributed by atoms with Crippen LogP contribution in [0.15, 0.2) is 109 Å². The fraction of sp³-hybridized carbons (Fsp3) is 0.250. The lowest BCUT2D eigenvalue weighted by atomic mass is 9.85. The van der Waals surface area contributed by atoms with Gasteiger partial charge in [0.05, 0.1) is 46.4 Å². The summed E-state index contributed by atoms with van der Waals surface area (Å²) in [5, 5.41) is 0. The van der Waals surface area contributed by atoms with Crippen LogP contribution in [-0.2, 0) is 19.2 Å². The average molecular weight is 631 g/mol. The summed E-state index contributed by atoms with van der Waals surface area (Å²) in [4.78, 5) is 66.1. The molecule has 4 amide bonds. The van der Waals surface area contributed by atoms with E-state index >= 15 is 0 Å². The molecule has 8 atom stereocenters. The lowest BCUT2D eigenvalue weighted by Gasteiger charge is -2.18. The van der Waals surface area contributed by atoms with Crippen molar-refractivity contribution < 1.29 is 19.2 Å². The lowest BCUT2D eigenvalue weighted by Crippen LogP contribution is -2.32. The second kappa shape index (κ2) is 10.0. The third-order valence-electron chi connectivity index (χ3n) is 11.5. The second-order valence-corrected chi connectivity index (χ2v) is 13.9. The molecule has 4 fully saturated rings. The number of anilines is 2. The van der Waals surface area contributed by atoms with E-state index in [1.54, 1.807) is 0 Å². The third-order valence-corrected chi connectivity index (χ3v) is 11.5. The van der Waals surface area contributed by atoms with Gasteiger partial charge >= 0.3 is 0 Å². The van der Waals surface area contributed by atoms with E-state index in [1.165, 1.54) is 9.80 Å². The number of carbonyl (C=O) groups is 4. The van der Waals surface area contributed by atoms with Gasteiger partial charge in [0.25, 0.3) is 0 Å². The fourth-order valence-corrected chi connectivity index (χ4v) is 9.34. The Hall–Kier alpha value is -5.50. The Balaban J connectivity index is 0.972. The fourth-order valence-electron chi connectivity index (χ4n) is 9.34. The largest absolute Gasteiger partial charge is 0.274 e. The summed E-state index contributed by atoms with van der Waals surface area (Å²) in [5.74, 6) is -0.179. The first kappa shape index (κ1) is 27.6. The molecular weight excluding hydrogens is 600 g/mol. The number of fused-ring (bicyclic) bond motifs is 10. The van der Waals surface area contributed by atoms with Crippen molar-refractivity contribution in [3.63, 3.8) is 0 Å². The van der Waals surface area contributed by atoms with Crippen LogP contribution in [0.1, 0.15) is 12.8 Å². The molecule has 10 rings (SSSR count). The number of amides is 4. The van der Waals surface area contributed by atoms with E-state index in [0.29, 0.717) is 28.6 Å². The maximum atomic E-state index is 13.4. The van der Waals surface area contributed by atoms with Gasteiger partial charge in [0, 0.05) is 16.7 Å². The summed E-state index contributed by atoms with van der Waals surface area (Å²) in [5.41, 5.74) is 5.03. The topological polar surface area (TPSA) is 101 Å². The standard InChI is InChI=1S/C40H30N4O4/c45-37-32-24-6-7-25(18-24)33(32)38(46)43(37)28-14-10-21(11-15-28)30-20-31(42-36(41-30)23-4-2-1-3-5-23)22-12-16-29(17-13-22)44-39(47)34-26-8-9-27(19-26)35(34)40(44)48/h1-17,20,24-27,32-35H,18-19H2/t24-,25-,26-,27+,32-,33+,34-,35-/m0/s1. The highest BCUT2D eigenvalue weighted by atomic mass is 16.2. The van der Waals surface area contributed by atoms with E-state index in [0.717, 1.165) is 29.5 Å². The van der Waals surface area contributed by atoms with Gasteiger partial charge in [-0.2, -0.15) is 0 Å². The van der Waals surface area contributed by atoms with Crippen LogP contribution in [0.5, 0.6) is 0 Å². The zero-order chi connectivity index (χ0) is 32.3. The molecule has 0 radical (unpaired) electrons. The maximum absolute atomic E-state index is 13.4. The third kappa shape index (κ3) is 3.83. The summed E-state index contributed by atoms with van der Waals surface area (Å²) in [6, 6.07) is 26.5. The van der Waals surface area contributed by atoms with Gasteiger partial charge in [0.1, 0.15) is 0 Å². The predicted molar refractivity (Wildman–Crippen MR) is 179 cm³/mol. The highest BCUT2D eigenvalue weighted by molar-refractivity contribution is 6.23. The maximum Gasteiger partial charge on any atom is 0.238 e. The van der Waals surface area contributed by atoms with Gasteiger partial charge in [-0.3, -0.25) is 29.0 Å². The summed E-state index contributed by atoms with van der Waals surface area (Å²) < 4.78 is 0. The minimum atomic E-state index is -0.245. The highest BCUT2D eigenvalue weighted by Crippen LogP contribution is 2.54. The number of hydrogen-bond acceptors (Lipinski definition) is 6. The quantitative estimate of drug-likeness (QED) is 0.195. The Morgan fingerprint density at radius 1 is 0.458 bits per heavy atom. The smallest absolute Gasteiger partial charge is 0.238 e. The van der Waals surface area contributed by atoms with Crippen LogP contribution in [0.3, 0.4) is 0 Å². The Labute approximate surface area is 276 Å². The Kier molecular flexibility index (Phi) is 5.75. The first-order valence-electron chi connectivity index (χ1n) is 16.7. The second-order valence-electron chi connectivity index (χ2n) is 13.9. The van der Waals surface area contributed by atoms with Crippen molar-refractivity contribution in [1.29, 1.82) is 0 Å². The molecular formula is C40H30N4O4. The van der Waals surface area contributed by atoms with E-state index in [1.807, 2.05) is 84.9 Å². The molecule has 4 aliphatic carbocycles. The zero-order valence-electron chi connectivity index (χ0n) is 25.8. The Morgan fingerprint density at radius 2 is 0.833 bits per heavy atom. The summed E-state index contributed by atoms with van der Waals surface area (Å²) in [6.45, 7) is 0. The van der Waals surface area contributed by atoms with Crippen molar-refractivity contribution in [3.05, 3.63) is 109 Å². The van der Waals surface area contributed by atoms with Crippen LogP contribution < -0.4 is 9.80 Å². The molecule has 234 valence electrons. The minimum Gasteiger partial charge on any atom is -0.274 e. The molecule has 2 aliphatic heterocycles.